The Bertz CT molecular complexity index is 1160. The van der Waals surface area contributed by atoms with Crippen LogP contribution in [0.4, 0.5) is 0 Å². The highest BCUT2D eigenvalue weighted by Crippen LogP contribution is 2.24. The van der Waals surface area contributed by atoms with Gasteiger partial charge in [-0.2, -0.15) is 10.2 Å². The fourth-order valence-electron chi connectivity index (χ4n) is 2.97. The largest absolute Gasteiger partial charge is 0.504 e. The van der Waals surface area contributed by atoms with Gasteiger partial charge in [-0.05, 0) is 18.2 Å². The van der Waals surface area contributed by atoms with E-state index in [9.17, 15) is 9.90 Å². The number of nitrogens with zero attached hydrogens (tertiary/aromatic N) is 3. The molecule has 0 bridgehead atoms. The molecule has 0 saturated heterocycles. The van der Waals surface area contributed by atoms with Gasteiger partial charge >= 0.3 is 0 Å². The molecule has 7 heteroatoms. The second-order valence-corrected chi connectivity index (χ2v) is 6.13. The minimum atomic E-state index is -0.603. The number of para-hydroxylation sites is 2. The maximum absolute atomic E-state index is 12.4. The molecule has 0 radical (unpaired) electrons. The number of carbonyl (C=O) groups is 1. The van der Waals surface area contributed by atoms with Gasteiger partial charge < -0.3 is 9.52 Å². The molecular weight excluding hydrogens is 356 g/mol. The molecule has 0 aliphatic heterocycles. The Morgan fingerprint density at radius 2 is 1.96 bits per heavy atom. The molecule has 0 atom stereocenters. The van der Waals surface area contributed by atoms with Crippen LogP contribution < -0.4 is 5.43 Å². The number of carbonyl (C=O) groups excluding carboxylic acids is 1. The summed E-state index contributed by atoms with van der Waals surface area (Å²) in [5.74, 6) is -0.0377. The average molecular weight is 374 g/mol. The third-order valence-corrected chi connectivity index (χ3v) is 4.32. The molecule has 0 saturated carbocycles. The molecule has 2 N–H and O–H groups in total. The number of fused-ring (bicyclic) bond motifs is 1. The molecule has 1 amide bonds. The lowest BCUT2D eigenvalue weighted by molar-refractivity contribution is 0.0947. The number of furan rings is 1. The maximum Gasteiger partial charge on any atom is 0.295 e. The first-order valence-corrected chi connectivity index (χ1v) is 8.85. The SMILES string of the molecule is CCc1oc2ccccc2c1/C=N\NC(=O)c1nn(-c2ccccc2)cc1O. The number of nitrogens with one attached hydrogen (secondary N) is 1. The van der Waals surface area contributed by atoms with E-state index < -0.39 is 5.91 Å². The average Bonchev–Trinajstić information content (AvgIpc) is 3.29. The highest BCUT2D eigenvalue weighted by atomic mass is 16.3. The summed E-state index contributed by atoms with van der Waals surface area (Å²) in [5.41, 5.74) is 4.63. The van der Waals surface area contributed by atoms with Crippen LogP contribution in [0.2, 0.25) is 0 Å². The van der Waals surface area contributed by atoms with Crippen molar-refractivity contribution in [1.82, 2.24) is 15.2 Å². The van der Waals surface area contributed by atoms with Gasteiger partial charge in [0.1, 0.15) is 11.3 Å². The molecule has 2 aromatic carbocycles. The van der Waals surface area contributed by atoms with Gasteiger partial charge in [0.2, 0.25) is 0 Å². The van der Waals surface area contributed by atoms with E-state index in [-0.39, 0.29) is 11.4 Å². The molecule has 2 aromatic heterocycles. The number of hydrogen-bond donors (Lipinski definition) is 2. The smallest absolute Gasteiger partial charge is 0.295 e. The van der Waals surface area contributed by atoms with Crippen molar-refractivity contribution in [3.63, 3.8) is 0 Å². The Kier molecular flexibility index (Phi) is 4.63. The summed E-state index contributed by atoms with van der Waals surface area (Å²) in [7, 11) is 0. The number of aryl methyl sites for hydroxylation is 1. The second-order valence-electron chi connectivity index (χ2n) is 6.13. The van der Waals surface area contributed by atoms with E-state index in [1.807, 2.05) is 61.5 Å². The van der Waals surface area contributed by atoms with Gasteiger partial charge in [0.05, 0.1) is 18.1 Å². The molecule has 0 fully saturated rings. The molecule has 140 valence electrons. The van der Waals surface area contributed by atoms with Crippen LogP contribution in [0.3, 0.4) is 0 Å². The van der Waals surface area contributed by atoms with Crippen molar-refractivity contribution in [2.45, 2.75) is 13.3 Å². The molecule has 4 rings (SSSR count). The van der Waals surface area contributed by atoms with E-state index in [0.29, 0.717) is 6.42 Å². The molecule has 0 aliphatic rings. The highest BCUT2D eigenvalue weighted by Gasteiger charge is 2.17. The maximum atomic E-state index is 12.4. The van der Waals surface area contributed by atoms with Crippen LogP contribution in [0.1, 0.15) is 28.7 Å². The van der Waals surface area contributed by atoms with Crippen molar-refractivity contribution >= 4 is 23.1 Å². The first-order valence-electron chi connectivity index (χ1n) is 8.85. The Balaban J connectivity index is 1.55. The number of rotatable bonds is 5. The van der Waals surface area contributed by atoms with Crippen molar-refractivity contribution in [2.24, 2.45) is 5.10 Å². The van der Waals surface area contributed by atoms with Gasteiger partial charge in [0, 0.05) is 17.4 Å². The van der Waals surface area contributed by atoms with Crippen molar-refractivity contribution in [3.8, 4) is 11.4 Å². The zero-order valence-electron chi connectivity index (χ0n) is 15.2. The van der Waals surface area contributed by atoms with Gasteiger partial charge in [-0.15, -0.1) is 0 Å². The monoisotopic (exact) mass is 374 g/mol. The summed E-state index contributed by atoms with van der Waals surface area (Å²) in [5, 5.41) is 19.2. The van der Waals surface area contributed by atoms with Gasteiger partial charge in [-0.1, -0.05) is 43.3 Å². The third kappa shape index (κ3) is 3.25. The van der Waals surface area contributed by atoms with Gasteiger partial charge in [0.25, 0.3) is 5.91 Å². The fraction of sp³-hybridized carbons (Fsp3) is 0.0952. The van der Waals surface area contributed by atoms with E-state index >= 15 is 0 Å². The van der Waals surface area contributed by atoms with Crippen molar-refractivity contribution < 1.29 is 14.3 Å². The minimum Gasteiger partial charge on any atom is -0.504 e. The summed E-state index contributed by atoms with van der Waals surface area (Å²) in [4.78, 5) is 12.4. The van der Waals surface area contributed by atoms with Crippen LogP contribution in [0, 0.1) is 0 Å². The zero-order chi connectivity index (χ0) is 19.5. The number of aromatic nitrogens is 2. The summed E-state index contributed by atoms with van der Waals surface area (Å²) in [6, 6.07) is 16.9. The first-order chi connectivity index (χ1) is 13.7. The summed E-state index contributed by atoms with van der Waals surface area (Å²) >= 11 is 0. The fourth-order valence-corrected chi connectivity index (χ4v) is 2.97. The number of amides is 1. The third-order valence-electron chi connectivity index (χ3n) is 4.32. The normalized spacial score (nSPS) is 11.3. The first kappa shape index (κ1) is 17.5. The van der Waals surface area contributed by atoms with Gasteiger partial charge in [-0.25, -0.2) is 10.1 Å². The van der Waals surface area contributed by atoms with E-state index in [2.05, 4.69) is 15.6 Å². The number of benzene rings is 2. The quantitative estimate of drug-likeness (QED) is 0.412. The van der Waals surface area contributed by atoms with Gasteiger partial charge in [-0.3, -0.25) is 4.79 Å². The number of hydrogen-bond acceptors (Lipinski definition) is 5. The predicted molar refractivity (Wildman–Crippen MR) is 106 cm³/mol. The Hall–Kier alpha value is -3.87. The van der Waals surface area contributed by atoms with E-state index in [1.165, 1.54) is 10.9 Å². The standard InChI is InChI=1S/C21H18N4O3/c1-2-18-16(15-10-6-7-11-19(15)28-18)12-22-23-21(27)20-17(26)13-25(24-20)14-8-4-3-5-9-14/h3-13,26H,2H2,1H3,(H,23,27)/b22-12-. The lowest BCUT2D eigenvalue weighted by Crippen LogP contribution is -2.18. The molecule has 4 aromatic rings. The Morgan fingerprint density at radius 1 is 1.21 bits per heavy atom. The zero-order valence-corrected chi connectivity index (χ0v) is 15.2. The van der Waals surface area contributed by atoms with Crippen molar-refractivity contribution in [1.29, 1.82) is 0 Å². The van der Waals surface area contributed by atoms with Crippen LogP contribution in [-0.4, -0.2) is 27.0 Å². The second kappa shape index (κ2) is 7.40. The van der Waals surface area contributed by atoms with Crippen LogP contribution in [0.25, 0.3) is 16.7 Å². The molecule has 0 spiro atoms. The van der Waals surface area contributed by atoms with Crippen molar-refractivity contribution in [3.05, 3.63) is 77.8 Å². The van der Waals surface area contributed by atoms with Crippen LogP contribution >= 0.6 is 0 Å². The summed E-state index contributed by atoms with van der Waals surface area (Å²) in [6.45, 7) is 1.99. The topological polar surface area (TPSA) is 92.7 Å². The molecule has 7 nitrogen and oxygen atoms in total. The van der Waals surface area contributed by atoms with Crippen LogP contribution in [0.5, 0.6) is 5.75 Å². The van der Waals surface area contributed by atoms with Crippen LogP contribution in [-0.2, 0) is 6.42 Å². The lowest BCUT2D eigenvalue weighted by atomic mass is 10.1. The summed E-state index contributed by atoms with van der Waals surface area (Å²) in [6.07, 6.45) is 3.63. The predicted octanol–water partition coefficient (Wildman–Crippen LogP) is 3.65. The Morgan fingerprint density at radius 3 is 2.75 bits per heavy atom. The van der Waals surface area contributed by atoms with Gasteiger partial charge in [0.15, 0.2) is 11.4 Å². The highest BCUT2D eigenvalue weighted by molar-refractivity contribution is 6.00. The summed E-state index contributed by atoms with van der Waals surface area (Å²) < 4.78 is 7.24. The molecule has 0 aliphatic carbocycles. The molecule has 2 heterocycles. The molecule has 28 heavy (non-hydrogen) atoms. The van der Waals surface area contributed by atoms with E-state index in [4.69, 9.17) is 4.42 Å². The molecule has 0 unspecified atom stereocenters. The number of aromatic hydroxyl groups is 1. The molecular formula is C21H18N4O3. The van der Waals surface area contributed by atoms with E-state index in [1.54, 1.807) is 6.21 Å². The lowest BCUT2D eigenvalue weighted by Gasteiger charge is -1.99. The Labute approximate surface area is 160 Å². The number of hydrazone groups is 1. The van der Waals surface area contributed by atoms with E-state index in [0.717, 1.165) is 28.0 Å². The van der Waals surface area contributed by atoms with Crippen LogP contribution in [0.15, 0.2) is 70.3 Å². The minimum absolute atomic E-state index is 0.103. The van der Waals surface area contributed by atoms with Crippen molar-refractivity contribution in [2.75, 3.05) is 0 Å².